The molecular formula is C22H24N2O2. The van der Waals surface area contributed by atoms with Gasteiger partial charge < -0.3 is 5.11 Å². The molecule has 0 saturated carbocycles. The summed E-state index contributed by atoms with van der Waals surface area (Å²) in [6.07, 6.45) is 5.24. The van der Waals surface area contributed by atoms with E-state index in [1.807, 2.05) is 50.4 Å². The van der Waals surface area contributed by atoms with Crippen LogP contribution < -0.4 is 0 Å². The molecule has 2 heterocycles. The largest absolute Gasteiger partial charge is 0.393 e. The third-order valence-electron chi connectivity index (χ3n) is 4.67. The molecule has 0 fully saturated rings. The molecule has 0 saturated heterocycles. The lowest BCUT2D eigenvalue weighted by atomic mass is 9.99. The van der Waals surface area contributed by atoms with Crippen molar-refractivity contribution in [3.05, 3.63) is 60.0 Å². The van der Waals surface area contributed by atoms with Crippen molar-refractivity contribution in [3.8, 4) is 11.1 Å². The summed E-state index contributed by atoms with van der Waals surface area (Å²) >= 11 is 0. The smallest absolute Gasteiger partial charge is 0.137 e. The number of hydrogen-bond acceptors (Lipinski definition) is 4. The first-order valence-corrected chi connectivity index (χ1v) is 9.07. The number of pyridine rings is 2. The van der Waals surface area contributed by atoms with Crippen LogP contribution in [0.15, 0.2) is 48.8 Å². The van der Waals surface area contributed by atoms with Crippen molar-refractivity contribution >= 4 is 16.7 Å². The summed E-state index contributed by atoms with van der Waals surface area (Å²) in [5.41, 5.74) is 4.96. The predicted octanol–water partition coefficient (Wildman–Crippen LogP) is 4.27. The van der Waals surface area contributed by atoms with Gasteiger partial charge in [0, 0.05) is 47.4 Å². The van der Waals surface area contributed by atoms with Gasteiger partial charge in [0.25, 0.3) is 0 Å². The zero-order valence-electron chi connectivity index (χ0n) is 15.3. The molecule has 0 aliphatic heterocycles. The first kappa shape index (κ1) is 18.2. The average molecular weight is 348 g/mol. The molecule has 3 rings (SSSR count). The van der Waals surface area contributed by atoms with Gasteiger partial charge in [-0.2, -0.15) is 0 Å². The highest BCUT2D eigenvalue weighted by atomic mass is 16.3. The van der Waals surface area contributed by atoms with Crippen molar-refractivity contribution in [3.63, 3.8) is 0 Å². The molecule has 1 atom stereocenters. The van der Waals surface area contributed by atoms with Crippen LogP contribution in [-0.4, -0.2) is 27.0 Å². The fraction of sp³-hybridized carbons (Fsp3) is 0.318. The van der Waals surface area contributed by atoms with Crippen molar-refractivity contribution in [2.24, 2.45) is 0 Å². The summed E-state index contributed by atoms with van der Waals surface area (Å²) in [6, 6.07) is 12.0. The number of ketones is 1. The molecule has 2 aromatic heterocycles. The third-order valence-corrected chi connectivity index (χ3v) is 4.67. The van der Waals surface area contributed by atoms with E-state index < -0.39 is 0 Å². The molecule has 0 aliphatic carbocycles. The van der Waals surface area contributed by atoms with Gasteiger partial charge in [-0.1, -0.05) is 19.1 Å². The lowest BCUT2D eigenvalue weighted by molar-refractivity contribution is -0.119. The lowest BCUT2D eigenvalue weighted by Crippen LogP contribution is -2.10. The molecule has 4 nitrogen and oxygen atoms in total. The molecule has 4 heteroatoms. The number of carbonyl (C=O) groups excluding carboxylic acids is 1. The molecule has 26 heavy (non-hydrogen) atoms. The first-order chi connectivity index (χ1) is 12.6. The van der Waals surface area contributed by atoms with Crippen molar-refractivity contribution in [1.29, 1.82) is 0 Å². The summed E-state index contributed by atoms with van der Waals surface area (Å²) in [7, 11) is 0. The number of Topliss-reactive ketones (excluding diaryl/α,β-unsaturated/α-hetero) is 1. The SMILES string of the molecule is CCC(O)CCC(=O)Cc1ccc2nc(C)c(-c3cccnc3)cc2c1. The van der Waals surface area contributed by atoms with Crippen molar-refractivity contribution in [1.82, 2.24) is 9.97 Å². The topological polar surface area (TPSA) is 63.1 Å². The van der Waals surface area contributed by atoms with Gasteiger partial charge in [0.15, 0.2) is 0 Å². The van der Waals surface area contributed by atoms with Gasteiger partial charge in [0.2, 0.25) is 0 Å². The van der Waals surface area contributed by atoms with E-state index in [0.29, 0.717) is 25.7 Å². The molecule has 1 aromatic carbocycles. The first-order valence-electron chi connectivity index (χ1n) is 9.07. The number of aromatic nitrogens is 2. The summed E-state index contributed by atoms with van der Waals surface area (Å²) in [5.74, 6) is 0.157. The summed E-state index contributed by atoms with van der Waals surface area (Å²) in [6.45, 7) is 3.92. The van der Waals surface area contributed by atoms with Crippen LogP contribution in [0.3, 0.4) is 0 Å². The van der Waals surface area contributed by atoms with E-state index >= 15 is 0 Å². The van der Waals surface area contributed by atoms with Crippen LogP contribution in [-0.2, 0) is 11.2 Å². The minimum atomic E-state index is -0.384. The lowest BCUT2D eigenvalue weighted by Gasteiger charge is -2.09. The maximum atomic E-state index is 12.2. The zero-order valence-corrected chi connectivity index (χ0v) is 15.3. The Hall–Kier alpha value is -2.59. The van der Waals surface area contributed by atoms with E-state index in [0.717, 1.165) is 33.3 Å². The standard InChI is InChI=1S/C22H24N2O2/c1-3-19(25)7-8-20(26)12-16-6-9-22-18(11-16)13-21(15(2)24-22)17-5-4-10-23-14-17/h4-6,9-11,13-14,19,25H,3,7-8,12H2,1-2H3. The Morgan fingerprint density at radius 2 is 2.08 bits per heavy atom. The van der Waals surface area contributed by atoms with Gasteiger partial charge in [0.05, 0.1) is 11.6 Å². The molecule has 0 bridgehead atoms. The van der Waals surface area contributed by atoms with Crippen LogP contribution >= 0.6 is 0 Å². The highest BCUT2D eigenvalue weighted by molar-refractivity contribution is 5.87. The Labute approximate surface area is 153 Å². The van der Waals surface area contributed by atoms with Gasteiger partial charge in [-0.05, 0) is 49.6 Å². The normalized spacial score (nSPS) is 12.3. The molecule has 0 spiro atoms. The minimum Gasteiger partial charge on any atom is -0.393 e. The van der Waals surface area contributed by atoms with E-state index in [1.165, 1.54) is 0 Å². The summed E-state index contributed by atoms with van der Waals surface area (Å²) < 4.78 is 0. The maximum absolute atomic E-state index is 12.2. The van der Waals surface area contributed by atoms with Crippen LogP contribution in [0.4, 0.5) is 0 Å². The summed E-state index contributed by atoms with van der Waals surface area (Å²) in [4.78, 5) is 21.1. The Balaban J connectivity index is 1.83. The van der Waals surface area contributed by atoms with Crippen molar-refractivity contribution in [2.75, 3.05) is 0 Å². The van der Waals surface area contributed by atoms with E-state index in [4.69, 9.17) is 4.98 Å². The molecule has 3 aromatic rings. The van der Waals surface area contributed by atoms with E-state index in [9.17, 15) is 9.90 Å². The predicted molar refractivity (Wildman–Crippen MR) is 104 cm³/mol. The molecule has 1 unspecified atom stereocenters. The highest BCUT2D eigenvalue weighted by Crippen LogP contribution is 2.26. The second kappa shape index (κ2) is 8.19. The van der Waals surface area contributed by atoms with Crippen LogP contribution in [0.5, 0.6) is 0 Å². The minimum absolute atomic E-state index is 0.157. The van der Waals surface area contributed by atoms with Crippen LogP contribution in [0.25, 0.3) is 22.0 Å². The number of aliphatic hydroxyl groups is 1. The Morgan fingerprint density at radius 3 is 2.81 bits per heavy atom. The van der Waals surface area contributed by atoms with Gasteiger partial charge in [-0.15, -0.1) is 0 Å². The number of nitrogens with zero attached hydrogens (tertiary/aromatic N) is 2. The maximum Gasteiger partial charge on any atom is 0.137 e. The van der Waals surface area contributed by atoms with Crippen LogP contribution in [0.1, 0.15) is 37.4 Å². The molecular weight excluding hydrogens is 324 g/mol. The zero-order chi connectivity index (χ0) is 18.5. The number of carbonyl (C=O) groups is 1. The van der Waals surface area contributed by atoms with Crippen molar-refractivity contribution < 1.29 is 9.90 Å². The van der Waals surface area contributed by atoms with E-state index in [1.54, 1.807) is 6.20 Å². The molecule has 0 radical (unpaired) electrons. The van der Waals surface area contributed by atoms with Gasteiger partial charge in [-0.25, -0.2) is 0 Å². The Bertz CT molecular complexity index is 907. The Morgan fingerprint density at radius 1 is 1.23 bits per heavy atom. The average Bonchev–Trinajstić information content (AvgIpc) is 2.66. The second-order valence-corrected chi connectivity index (χ2v) is 6.71. The number of hydrogen-bond donors (Lipinski definition) is 1. The fourth-order valence-corrected chi connectivity index (χ4v) is 3.09. The van der Waals surface area contributed by atoms with E-state index in [-0.39, 0.29) is 11.9 Å². The Kier molecular flexibility index (Phi) is 5.74. The van der Waals surface area contributed by atoms with Gasteiger partial charge in [0.1, 0.15) is 5.78 Å². The van der Waals surface area contributed by atoms with Gasteiger partial charge in [-0.3, -0.25) is 14.8 Å². The van der Waals surface area contributed by atoms with Crippen LogP contribution in [0.2, 0.25) is 0 Å². The van der Waals surface area contributed by atoms with Crippen LogP contribution in [0, 0.1) is 6.92 Å². The van der Waals surface area contributed by atoms with Crippen molar-refractivity contribution in [2.45, 2.75) is 45.6 Å². The third kappa shape index (κ3) is 4.33. The fourth-order valence-electron chi connectivity index (χ4n) is 3.09. The quantitative estimate of drug-likeness (QED) is 0.693. The number of benzene rings is 1. The molecule has 0 aliphatic rings. The highest BCUT2D eigenvalue weighted by Gasteiger charge is 2.10. The number of aliphatic hydroxyl groups excluding tert-OH is 1. The molecule has 134 valence electrons. The summed E-state index contributed by atoms with van der Waals surface area (Å²) in [5, 5.41) is 10.6. The monoisotopic (exact) mass is 348 g/mol. The number of aryl methyl sites for hydroxylation is 1. The van der Waals surface area contributed by atoms with Gasteiger partial charge >= 0.3 is 0 Å². The molecule has 1 N–H and O–H groups in total. The number of fused-ring (bicyclic) bond motifs is 1. The molecule has 0 amide bonds. The van der Waals surface area contributed by atoms with E-state index in [2.05, 4.69) is 11.1 Å². The second-order valence-electron chi connectivity index (χ2n) is 6.71. The number of rotatable bonds is 7.